The molecule has 0 spiro atoms. The lowest BCUT2D eigenvalue weighted by Gasteiger charge is -2.19. The van der Waals surface area contributed by atoms with Crippen molar-refractivity contribution in [3.63, 3.8) is 0 Å². The molecule has 0 aliphatic rings. The van der Waals surface area contributed by atoms with Gasteiger partial charge in [0.2, 0.25) is 0 Å². The van der Waals surface area contributed by atoms with Gasteiger partial charge in [-0.1, -0.05) is 36.7 Å². The Kier molecular flexibility index (Phi) is 5.10. The fourth-order valence-corrected chi connectivity index (χ4v) is 2.33. The van der Waals surface area contributed by atoms with Gasteiger partial charge in [0.25, 0.3) is 0 Å². The molecule has 1 N–H and O–H groups in total. The Labute approximate surface area is 122 Å². The highest BCUT2D eigenvalue weighted by Gasteiger charge is 2.13. The lowest BCUT2D eigenvalue weighted by atomic mass is 9.98. The van der Waals surface area contributed by atoms with Gasteiger partial charge in [-0.2, -0.15) is 0 Å². The molecule has 4 heteroatoms. The summed E-state index contributed by atoms with van der Waals surface area (Å²) < 4.78 is 26.1. The minimum Gasteiger partial charge on any atom is -0.310 e. The van der Waals surface area contributed by atoms with Crippen molar-refractivity contribution in [2.45, 2.75) is 19.4 Å². The number of likely N-dealkylation sites (N-methyl/N-ethyl adjacent to an activating group) is 1. The van der Waals surface area contributed by atoms with Crippen molar-refractivity contribution in [1.29, 1.82) is 0 Å². The normalized spacial score (nSPS) is 12.4. The molecular formula is C16H16ClF2N. The van der Waals surface area contributed by atoms with Gasteiger partial charge >= 0.3 is 0 Å². The van der Waals surface area contributed by atoms with Crippen molar-refractivity contribution < 1.29 is 8.78 Å². The Morgan fingerprint density at radius 3 is 2.40 bits per heavy atom. The number of nitrogens with one attached hydrogen (secondary N) is 1. The third-order valence-corrected chi connectivity index (χ3v) is 3.44. The number of hydrogen-bond donors (Lipinski definition) is 1. The molecule has 106 valence electrons. The van der Waals surface area contributed by atoms with E-state index in [-0.39, 0.29) is 16.9 Å². The van der Waals surface area contributed by atoms with Crippen LogP contribution < -0.4 is 5.32 Å². The van der Waals surface area contributed by atoms with Crippen molar-refractivity contribution in [2.75, 3.05) is 6.54 Å². The van der Waals surface area contributed by atoms with Gasteiger partial charge in [-0.25, -0.2) is 8.78 Å². The highest BCUT2D eigenvalue weighted by Crippen LogP contribution is 2.23. The van der Waals surface area contributed by atoms with E-state index in [9.17, 15) is 8.78 Å². The first kappa shape index (κ1) is 14.9. The van der Waals surface area contributed by atoms with Gasteiger partial charge in [-0.15, -0.1) is 0 Å². The number of benzene rings is 2. The zero-order valence-electron chi connectivity index (χ0n) is 11.2. The molecule has 0 bridgehead atoms. The Bertz CT molecular complexity index is 569. The molecule has 0 amide bonds. The Hall–Kier alpha value is -1.45. The minimum absolute atomic E-state index is 0.0172. The molecule has 0 saturated heterocycles. The maximum Gasteiger partial charge on any atom is 0.141 e. The largest absolute Gasteiger partial charge is 0.310 e. The van der Waals surface area contributed by atoms with Gasteiger partial charge in [-0.3, -0.25) is 0 Å². The summed E-state index contributed by atoms with van der Waals surface area (Å²) in [5.74, 6) is -0.675. The first-order valence-corrected chi connectivity index (χ1v) is 6.90. The van der Waals surface area contributed by atoms with E-state index in [4.69, 9.17) is 11.6 Å². The molecule has 20 heavy (non-hydrogen) atoms. The van der Waals surface area contributed by atoms with E-state index in [1.807, 2.05) is 6.92 Å². The summed E-state index contributed by atoms with van der Waals surface area (Å²) in [6.07, 6.45) is 0.691. The highest BCUT2D eigenvalue weighted by molar-refractivity contribution is 6.30. The SMILES string of the molecule is CCNC(Cc1ccc(F)cc1)c1ccc(F)c(Cl)c1. The van der Waals surface area contributed by atoms with E-state index < -0.39 is 5.82 Å². The summed E-state index contributed by atoms with van der Waals surface area (Å²) in [6.45, 7) is 2.78. The first-order valence-electron chi connectivity index (χ1n) is 6.53. The zero-order valence-corrected chi connectivity index (χ0v) is 11.9. The average Bonchev–Trinajstić information content (AvgIpc) is 2.44. The molecule has 0 aliphatic heterocycles. The van der Waals surface area contributed by atoms with E-state index in [2.05, 4.69) is 5.32 Å². The summed E-state index contributed by atoms with van der Waals surface area (Å²) in [5.41, 5.74) is 1.93. The van der Waals surface area contributed by atoms with Gasteiger partial charge in [0.05, 0.1) is 5.02 Å². The molecule has 0 fully saturated rings. The van der Waals surface area contributed by atoms with Gasteiger partial charge in [0.15, 0.2) is 0 Å². The fraction of sp³-hybridized carbons (Fsp3) is 0.250. The first-order chi connectivity index (χ1) is 9.60. The van der Waals surface area contributed by atoms with Gasteiger partial charge in [0, 0.05) is 6.04 Å². The van der Waals surface area contributed by atoms with Crippen LogP contribution in [0.3, 0.4) is 0 Å². The predicted octanol–water partition coefficient (Wildman–Crippen LogP) is 4.51. The van der Waals surface area contributed by atoms with Crippen LogP contribution in [0.5, 0.6) is 0 Å². The quantitative estimate of drug-likeness (QED) is 0.855. The van der Waals surface area contributed by atoms with Crippen molar-refractivity contribution in [1.82, 2.24) is 5.32 Å². The van der Waals surface area contributed by atoms with Crippen LogP contribution in [0.1, 0.15) is 24.1 Å². The molecular weight excluding hydrogens is 280 g/mol. The number of halogens is 3. The van der Waals surface area contributed by atoms with E-state index in [1.165, 1.54) is 18.2 Å². The molecule has 0 aliphatic carbocycles. The monoisotopic (exact) mass is 295 g/mol. The zero-order chi connectivity index (χ0) is 14.5. The maximum absolute atomic E-state index is 13.2. The average molecular weight is 296 g/mol. The summed E-state index contributed by atoms with van der Waals surface area (Å²) in [4.78, 5) is 0. The van der Waals surface area contributed by atoms with Crippen molar-refractivity contribution >= 4 is 11.6 Å². The third kappa shape index (κ3) is 3.78. The van der Waals surface area contributed by atoms with Crippen LogP contribution in [0.2, 0.25) is 5.02 Å². The van der Waals surface area contributed by atoms with Crippen molar-refractivity contribution in [3.8, 4) is 0 Å². The van der Waals surface area contributed by atoms with E-state index in [1.54, 1.807) is 24.3 Å². The molecule has 2 aromatic rings. The van der Waals surface area contributed by atoms with E-state index >= 15 is 0 Å². The molecule has 1 atom stereocenters. The molecule has 1 nitrogen and oxygen atoms in total. The molecule has 2 rings (SSSR count). The Morgan fingerprint density at radius 1 is 1.10 bits per heavy atom. The number of hydrogen-bond acceptors (Lipinski definition) is 1. The summed E-state index contributed by atoms with van der Waals surface area (Å²) in [7, 11) is 0. The second-order valence-corrected chi connectivity index (χ2v) is 5.02. The lowest BCUT2D eigenvalue weighted by Crippen LogP contribution is -2.23. The Morgan fingerprint density at radius 2 is 1.80 bits per heavy atom. The van der Waals surface area contributed by atoms with Crippen LogP contribution in [0.15, 0.2) is 42.5 Å². The molecule has 0 saturated carbocycles. The predicted molar refractivity (Wildman–Crippen MR) is 77.9 cm³/mol. The summed E-state index contributed by atoms with van der Waals surface area (Å²) >= 11 is 5.83. The van der Waals surface area contributed by atoms with Gasteiger partial charge in [-0.05, 0) is 48.4 Å². The molecule has 0 radical (unpaired) electrons. The van der Waals surface area contributed by atoms with Gasteiger partial charge < -0.3 is 5.32 Å². The fourth-order valence-electron chi connectivity index (χ4n) is 2.14. The van der Waals surface area contributed by atoms with Crippen LogP contribution in [0.4, 0.5) is 8.78 Å². The smallest absolute Gasteiger partial charge is 0.141 e. The lowest BCUT2D eigenvalue weighted by molar-refractivity contribution is 0.546. The minimum atomic E-state index is -0.424. The molecule has 0 heterocycles. The van der Waals surface area contributed by atoms with Crippen LogP contribution in [-0.2, 0) is 6.42 Å². The Balaban J connectivity index is 2.21. The van der Waals surface area contributed by atoms with Crippen LogP contribution in [0.25, 0.3) is 0 Å². The second-order valence-electron chi connectivity index (χ2n) is 4.61. The maximum atomic E-state index is 13.2. The van der Waals surface area contributed by atoms with Gasteiger partial charge in [0.1, 0.15) is 11.6 Å². The molecule has 1 unspecified atom stereocenters. The van der Waals surface area contributed by atoms with Crippen molar-refractivity contribution in [2.24, 2.45) is 0 Å². The van der Waals surface area contributed by atoms with Crippen LogP contribution in [0, 0.1) is 11.6 Å². The summed E-state index contributed by atoms with van der Waals surface area (Å²) in [5, 5.41) is 3.45. The molecule has 2 aromatic carbocycles. The third-order valence-electron chi connectivity index (χ3n) is 3.15. The van der Waals surface area contributed by atoms with E-state index in [0.29, 0.717) is 6.42 Å². The van der Waals surface area contributed by atoms with Crippen LogP contribution >= 0.6 is 11.6 Å². The summed E-state index contributed by atoms with van der Waals surface area (Å²) in [6, 6.07) is 11.1. The van der Waals surface area contributed by atoms with Crippen molar-refractivity contribution in [3.05, 3.63) is 70.2 Å². The topological polar surface area (TPSA) is 12.0 Å². The van der Waals surface area contributed by atoms with E-state index in [0.717, 1.165) is 17.7 Å². The number of rotatable bonds is 5. The highest BCUT2D eigenvalue weighted by atomic mass is 35.5. The molecule has 0 aromatic heterocycles. The van der Waals surface area contributed by atoms with Crippen LogP contribution in [-0.4, -0.2) is 6.54 Å². The standard InChI is InChI=1S/C16H16ClF2N/c1-2-20-16(9-11-3-6-13(18)7-4-11)12-5-8-15(19)14(17)10-12/h3-8,10,16,20H,2,9H2,1H3. The second kappa shape index (κ2) is 6.82.